The highest BCUT2D eigenvalue weighted by molar-refractivity contribution is 9.10. The summed E-state index contributed by atoms with van der Waals surface area (Å²) in [5.74, 6) is 0.260. The zero-order chi connectivity index (χ0) is 13.1. The van der Waals surface area contributed by atoms with Gasteiger partial charge in [-0.15, -0.1) is 0 Å². The maximum Gasteiger partial charge on any atom is 0.289 e. The second-order valence-corrected chi connectivity index (χ2v) is 4.96. The van der Waals surface area contributed by atoms with Crippen molar-refractivity contribution in [3.63, 3.8) is 0 Å². The van der Waals surface area contributed by atoms with Crippen LogP contribution in [0, 0.1) is 0 Å². The Morgan fingerprint density at radius 3 is 2.83 bits per heavy atom. The molecule has 0 aromatic carbocycles. The number of rotatable bonds is 5. The molecule has 6 nitrogen and oxygen atoms in total. The lowest BCUT2D eigenvalue weighted by Gasteiger charge is -2.20. The summed E-state index contributed by atoms with van der Waals surface area (Å²) in [7, 11) is 0. The number of amides is 1. The van der Waals surface area contributed by atoms with Gasteiger partial charge in [-0.05, 0) is 40.9 Å². The van der Waals surface area contributed by atoms with Gasteiger partial charge < -0.3 is 20.3 Å². The third kappa shape index (κ3) is 3.04. The SMILES string of the molecule is NC(CCN(C(=O)c1ccc(Br)o1)C1CC1)=NO. The number of amidine groups is 1. The summed E-state index contributed by atoms with van der Waals surface area (Å²) in [6, 6.07) is 3.56. The highest BCUT2D eigenvalue weighted by Gasteiger charge is 2.34. The predicted octanol–water partition coefficient (Wildman–Crippen LogP) is 1.78. The van der Waals surface area contributed by atoms with E-state index in [1.807, 2.05) is 0 Å². The van der Waals surface area contributed by atoms with E-state index >= 15 is 0 Å². The first kappa shape index (κ1) is 12.9. The van der Waals surface area contributed by atoms with E-state index in [1.54, 1.807) is 17.0 Å². The van der Waals surface area contributed by atoms with Crippen LogP contribution in [-0.2, 0) is 0 Å². The number of nitrogens with two attached hydrogens (primary N) is 1. The van der Waals surface area contributed by atoms with E-state index in [9.17, 15) is 4.79 Å². The van der Waals surface area contributed by atoms with E-state index in [0.717, 1.165) is 12.8 Å². The fourth-order valence-corrected chi connectivity index (χ4v) is 2.00. The Bertz CT molecular complexity index is 468. The minimum absolute atomic E-state index is 0.120. The van der Waals surface area contributed by atoms with Crippen molar-refractivity contribution >= 4 is 27.7 Å². The quantitative estimate of drug-likeness (QED) is 0.375. The summed E-state index contributed by atoms with van der Waals surface area (Å²) in [6.45, 7) is 0.428. The first-order chi connectivity index (χ1) is 8.61. The Morgan fingerprint density at radius 2 is 2.33 bits per heavy atom. The van der Waals surface area contributed by atoms with Gasteiger partial charge in [-0.25, -0.2) is 0 Å². The van der Waals surface area contributed by atoms with Gasteiger partial charge in [-0.1, -0.05) is 5.16 Å². The molecule has 0 unspecified atom stereocenters. The van der Waals surface area contributed by atoms with Gasteiger partial charge in [0.2, 0.25) is 0 Å². The summed E-state index contributed by atoms with van der Waals surface area (Å²) < 4.78 is 5.78. The monoisotopic (exact) mass is 315 g/mol. The van der Waals surface area contributed by atoms with Gasteiger partial charge in [-0.3, -0.25) is 4.79 Å². The number of oxime groups is 1. The molecule has 1 aromatic rings. The molecule has 1 fully saturated rings. The molecule has 1 saturated carbocycles. The van der Waals surface area contributed by atoms with Crippen LogP contribution in [0.4, 0.5) is 0 Å². The third-order valence-electron chi connectivity index (χ3n) is 2.77. The summed E-state index contributed by atoms with van der Waals surface area (Å²) in [5.41, 5.74) is 5.42. The van der Waals surface area contributed by atoms with Crippen molar-refractivity contribution in [3.8, 4) is 0 Å². The lowest BCUT2D eigenvalue weighted by Crippen LogP contribution is -2.35. The van der Waals surface area contributed by atoms with Crippen molar-refractivity contribution in [1.29, 1.82) is 0 Å². The van der Waals surface area contributed by atoms with Crippen molar-refractivity contribution in [2.45, 2.75) is 25.3 Å². The maximum atomic E-state index is 12.2. The fourth-order valence-electron chi connectivity index (χ4n) is 1.69. The predicted molar refractivity (Wildman–Crippen MR) is 68.5 cm³/mol. The Morgan fingerprint density at radius 1 is 1.61 bits per heavy atom. The molecule has 0 bridgehead atoms. The zero-order valence-corrected chi connectivity index (χ0v) is 11.3. The Kier molecular flexibility index (Phi) is 3.90. The topological polar surface area (TPSA) is 92.1 Å². The molecule has 0 spiro atoms. The van der Waals surface area contributed by atoms with E-state index in [4.69, 9.17) is 15.4 Å². The Labute approximate surface area is 113 Å². The van der Waals surface area contributed by atoms with Crippen LogP contribution >= 0.6 is 15.9 Å². The molecule has 3 N–H and O–H groups in total. The van der Waals surface area contributed by atoms with E-state index in [2.05, 4.69) is 21.1 Å². The molecule has 0 aliphatic heterocycles. The molecule has 1 heterocycles. The summed E-state index contributed by atoms with van der Waals surface area (Å²) in [4.78, 5) is 13.9. The minimum Gasteiger partial charge on any atom is -0.444 e. The number of nitrogens with zero attached hydrogens (tertiary/aromatic N) is 2. The van der Waals surface area contributed by atoms with Gasteiger partial charge in [0.15, 0.2) is 10.4 Å². The number of carbonyl (C=O) groups is 1. The van der Waals surface area contributed by atoms with Crippen LogP contribution in [0.5, 0.6) is 0 Å². The number of hydrogen-bond donors (Lipinski definition) is 2. The fraction of sp³-hybridized carbons (Fsp3) is 0.455. The average Bonchev–Trinajstić information content (AvgIpc) is 3.10. The molecular weight excluding hydrogens is 302 g/mol. The standard InChI is InChI=1S/C11H14BrN3O3/c12-9-4-3-8(18-9)11(16)15(7-1-2-7)6-5-10(13)14-17/h3-4,7,17H,1-2,5-6H2,(H2,13,14). The molecular formula is C11H14BrN3O3. The summed E-state index contributed by atoms with van der Waals surface area (Å²) in [6.07, 6.45) is 2.33. The van der Waals surface area contributed by atoms with Crippen LogP contribution in [0.25, 0.3) is 0 Å². The summed E-state index contributed by atoms with van der Waals surface area (Å²) in [5, 5.41) is 11.4. The molecule has 1 amide bonds. The molecule has 18 heavy (non-hydrogen) atoms. The van der Waals surface area contributed by atoms with Gasteiger partial charge in [0.25, 0.3) is 5.91 Å². The number of hydrogen-bond acceptors (Lipinski definition) is 4. The van der Waals surface area contributed by atoms with Gasteiger partial charge in [-0.2, -0.15) is 0 Å². The van der Waals surface area contributed by atoms with Crippen LogP contribution in [0.1, 0.15) is 29.8 Å². The van der Waals surface area contributed by atoms with Gasteiger partial charge in [0, 0.05) is 19.0 Å². The first-order valence-corrected chi connectivity index (χ1v) is 6.44. The Balaban J connectivity index is 2.03. The van der Waals surface area contributed by atoms with Gasteiger partial charge in [0.1, 0.15) is 5.84 Å². The van der Waals surface area contributed by atoms with Crippen LogP contribution in [0.15, 0.2) is 26.4 Å². The van der Waals surface area contributed by atoms with E-state index in [-0.39, 0.29) is 17.8 Å². The molecule has 0 radical (unpaired) electrons. The number of furan rings is 1. The van der Waals surface area contributed by atoms with Gasteiger partial charge >= 0.3 is 0 Å². The molecule has 0 atom stereocenters. The van der Waals surface area contributed by atoms with E-state index in [1.165, 1.54) is 0 Å². The van der Waals surface area contributed by atoms with Crippen molar-refractivity contribution in [2.24, 2.45) is 10.9 Å². The third-order valence-corrected chi connectivity index (χ3v) is 3.20. The molecule has 2 rings (SSSR count). The van der Waals surface area contributed by atoms with E-state index in [0.29, 0.717) is 23.4 Å². The lowest BCUT2D eigenvalue weighted by atomic mass is 10.3. The van der Waals surface area contributed by atoms with Crippen LogP contribution in [0.3, 0.4) is 0 Å². The normalized spacial score (nSPS) is 15.7. The minimum atomic E-state index is -0.158. The maximum absolute atomic E-state index is 12.2. The first-order valence-electron chi connectivity index (χ1n) is 5.64. The lowest BCUT2D eigenvalue weighted by molar-refractivity contribution is 0.0714. The molecule has 0 saturated heterocycles. The molecule has 1 aliphatic rings. The second kappa shape index (κ2) is 5.43. The van der Waals surface area contributed by atoms with E-state index < -0.39 is 0 Å². The van der Waals surface area contributed by atoms with Crippen molar-refractivity contribution in [1.82, 2.24) is 4.90 Å². The highest BCUT2D eigenvalue weighted by Crippen LogP contribution is 2.29. The van der Waals surface area contributed by atoms with Crippen LogP contribution in [-0.4, -0.2) is 34.4 Å². The van der Waals surface area contributed by atoms with Crippen LogP contribution in [0.2, 0.25) is 0 Å². The molecule has 1 aromatic heterocycles. The number of halogens is 1. The highest BCUT2D eigenvalue weighted by atomic mass is 79.9. The molecule has 98 valence electrons. The Hall–Kier alpha value is -1.50. The van der Waals surface area contributed by atoms with Crippen molar-refractivity contribution in [3.05, 3.63) is 22.6 Å². The molecule has 1 aliphatic carbocycles. The number of carbonyl (C=O) groups excluding carboxylic acids is 1. The van der Waals surface area contributed by atoms with Crippen molar-refractivity contribution in [2.75, 3.05) is 6.54 Å². The van der Waals surface area contributed by atoms with Crippen LogP contribution < -0.4 is 5.73 Å². The zero-order valence-electron chi connectivity index (χ0n) is 9.67. The smallest absolute Gasteiger partial charge is 0.289 e. The van der Waals surface area contributed by atoms with Crippen molar-refractivity contribution < 1.29 is 14.4 Å². The largest absolute Gasteiger partial charge is 0.444 e. The van der Waals surface area contributed by atoms with Gasteiger partial charge in [0.05, 0.1) is 0 Å². The second-order valence-electron chi connectivity index (χ2n) is 4.17. The average molecular weight is 316 g/mol. The molecule has 7 heteroatoms. The summed E-state index contributed by atoms with van der Waals surface area (Å²) >= 11 is 3.17.